The van der Waals surface area contributed by atoms with Crippen LogP contribution in [0.1, 0.15) is 51.6 Å². The fourth-order valence-corrected chi connectivity index (χ4v) is 1.31. The molecule has 0 spiro atoms. The second kappa shape index (κ2) is 4.56. The largest absolute Gasteiger partial charge is 0.444 e. The minimum atomic E-state index is -0.149. The van der Waals surface area contributed by atoms with E-state index in [0.29, 0.717) is 17.2 Å². The SMILES string of the molecule is CC(Cl)c1ncc(CC(C)C(C)(C)C)o1. The molecule has 1 heterocycles. The highest BCUT2D eigenvalue weighted by molar-refractivity contribution is 6.20. The first-order valence-electron chi connectivity index (χ1n) is 5.39. The van der Waals surface area contributed by atoms with Crippen LogP contribution in [-0.2, 0) is 6.42 Å². The first-order chi connectivity index (χ1) is 6.80. The standard InChI is InChI=1S/C12H20ClNO/c1-8(12(3,4)5)6-10-7-14-11(15-10)9(2)13/h7-9H,6H2,1-5H3. The molecular weight excluding hydrogens is 210 g/mol. The maximum atomic E-state index is 5.89. The van der Waals surface area contributed by atoms with E-state index in [4.69, 9.17) is 16.0 Å². The van der Waals surface area contributed by atoms with E-state index in [9.17, 15) is 0 Å². The number of aromatic nitrogens is 1. The normalized spacial score (nSPS) is 16.4. The number of alkyl halides is 1. The maximum absolute atomic E-state index is 5.89. The predicted molar refractivity (Wildman–Crippen MR) is 63.1 cm³/mol. The van der Waals surface area contributed by atoms with Crippen molar-refractivity contribution in [3.8, 4) is 0 Å². The molecule has 0 aliphatic carbocycles. The van der Waals surface area contributed by atoms with Crippen molar-refractivity contribution < 1.29 is 4.42 Å². The van der Waals surface area contributed by atoms with Crippen LogP contribution in [0.5, 0.6) is 0 Å². The number of rotatable bonds is 3. The molecule has 1 rings (SSSR count). The molecule has 0 saturated carbocycles. The quantitative estimate of drug-likeness (QED) is 0.726. The Morgan fingerprint density at radius 1 is 1.40 bits per heavy atom. The molecule has 0 radical (unpaired) electrons. The summed E-state index contributed by atoms with van der Waals surface area (Å²) >= 11 is 5.89. The Morgan fingerprint density at radius 2 is 2.00 bits per heavy atom. The molecule has 0 aliphatic heterocycles. The predicted octanol–water partition coefficient (Wildman–Crippen LogP) is 4.20. The zero-order chi connectivity index (χ0) is 11.6. The molecule has 0 fully saturated rings. The van der Waals surface area contributed by atoms with Gasteiger partial charge in [-0.25, -0.2) is 4.98 Å². The monoisotopic (exact) mass is 229 g/mol. The Morgan fingerprint density at radius 3 is 2.40 bits per heavy atom. The molecule has 0 aromatic carbocycles. The van der Waals surface area contributed by atoms with Crippen molar-refractivity contribution in [2.75, 3.05) is 0 Å². The lowest BCUT2D eigenvalue weighted by Gasteiger charge is -2.26. The van der Waals surface area contributed by atoms with Crippen LogP contribution >= 0.6 is 11.6 Å². The highest BCUT2D eigenvalue weighted by atomic mass is 35.5. The summed E-state index contributed by atoms with van der Waals surface area (Å²) in [6, 6.07) is 0. The summed E-state index contributed by atoms with van der Waals surface area (Å²) in [4.78, 5) is 4.15. The van der Waals surface area contributed by atoms with Gasteiger partial charge in [-0.3, -0.25) is 0 Å². The molecule has 1 aromatic heterocycles. The number of hydrogen-bond donors (Lipinski definition) is 0. The smallest absolute Gasteiger partial charge is 0.212 e. The van der Waals surface area contributed by atoms with Gasteiger partial charge < -0.3 is 4.42 Å². The molecule has 2 unspecified atom stereocenters. The molecule has 3 heteroatoms. The van der Waals surface area contributed by atoms with Crippen molar-refractivity contribution in [1.82, 2.24) is 4.98 Å². The van der Waals surface area contributed by atoms with Gasteiger partial charge in [0.2, 0.25) is 5.89 Å². The van der Waals surface area contributed by atoms with Crippen molar-refractivity contribution in [1.29, 1.82) is 0 Å². The highest BCUT2D eigenvalue weighted by Crippen LogP contribution is 2.29. The molecule has 0 aliphatic rings. The second-order valence-electron chi connectivity index (χ2n) is 5.25. The summed E-state index contributed by atoms with van der Waals surface area (Å²) in [5.41, 5.74) is 0.291. The molecule has 15 heavy (non-hydrogen) atoms. The molecule has 0 N–H and O–H groups in total. The number of nitrogens with zero attached hydrogens (tertiary/aromatic N) is 1. The summed E-state index contributed by atoms with van der Waals surface area (Å²) in [5.74, 6) is 2.11. The third kappa shape index (κ3) is 3.53. The van der Waals surface area contributed by atoms with Gasteiger partial charge in [0.1, 0.15) is 11.1 Å². The van der Waals surface area contributed by atoms with Crippen LogP contribution in [0.4, 0.5) is 0 Å². The van der Waals surface area contributed by atoms with E-state index in [0.717, 1.165) is 12.2 Å². The molecule has 0 amide bonds. The van der Waals surface area contributed by atoms with Crippen LogP contribution in [0.15, 0.2) is 10.6 Å². The molecule has 86 valence electrons. The summed E-state index contributed by atoms with van der Waals surface area (Å²) in [5, 5.41) is -0.149. The average Bonchev–Trinajstić information content (AvgIpc) is 2.50. The van der Waals surface area contributed by atoms with E-state index in [1.807, 2.05) is 6.92 Å². The Labute approximate surface area is 97.0 Å². The summed E-state index contributed by atoms with van der Waals surface area (Å²) in [7, 11) is 0. The van der Waals surface area contributed by atoms with Crippen LogP contribution in [0.3, 0.4) is 0 Å². The third-order valence-electron chi connectivity index (χ3n) is 2.90. The van der Waals surface area contributed by atoms with Crippen molar-refractivity contribution >= 4 is 11.6 Å². The van der Waals surface area contributed by atoms with Crippen molar-refractivity contribution in [2.24, 2.45) is 11.3 Å². The van der Waals surface area contributed by atoms with Gasteiger partial charge in [0.05, 0.1) is 6.20 Å². The third-order valence-corrected chi connectivity index (χ3v) is 3.08. The van der Waals surface area contributed by atoms with E-state index < -0.39 is 0 Å². The molecule has 2 atom stereocenters. The van der Waals surface area contributed by atoms with Gasteiger partial charge in [0.25, 0.3) is 0 Å². The minimum absolute atomic E-state index is 0.149. The Balaban J connectivity index is 2.65. The fourth-order valence-electron chi connectivity index (χ4n) is 1.21. The molecule has 0 bridgehead atoms. The first kappa shape index (κ1) is 12.6. The summed E-state index contributed by atoms with van der Waals surface area (Å²) < 4.78 is 5.57. The highest BCUT2D eigenvalue weighted by Gasteiger charge is 2.22. The Hall–Kier alpha value is -0.500. The second-order valence-corrected chi connectivity index (χ2v) is 5.91. The lowest BCUT2D eigenvalue weighted by molar-refractivity contribution is 0.246. The molecular formula is C12H20ClNO. The van der Waals surface area contributed by atoms with E-state index in [2.05, 4.69) is 32.7 Å². The van der Waals surface area contributed by atoms with E-state index in [-0.39, 0.29) is 5.38 Å². The Bertz CT molecular complexity index is 312. The zero-order valence-electron chi connectivity index (χ0n) is 10.2. The molecule has 1 aromatic rings. The van der Waals surface area contributed by atoms with Crippen molar-refractivity contribution in [3.63, 3.8) is 0 Å². The van der Waals surface area contributed by atoms with Gasteiger partial charge in [0, 0.05) is 6.42 Å². The first-order valence-corrected chi connectivity index (χ1v) is 5.83. The topological polar surface area (TPSA) is 26.0 Å². The summed E-state index contributed by atoms with van der Waals surface area (Å²) in [6.45, 7) is 10.8. The van der Waals surface area contributed by atoms with Gasteiger partial charge in [0.15, 0.2) is 0 Å². The lowest BCUT2D eigenvalue weighted by atomic mass is 9.80. The van der Waals surface area contributed by atoms with Gasteiger partial charge in [-0.1, -0.05) is 27.7 Å². The van der Waals surface area contributed by atoms with Crippen molar-refractivity contribution in [2.45, 2.75) is 46.4 Å². The number of hydrogen-bond acceptors (Lipinski definition) is 2. The van der Waals surface area contributed by atoms with Gasteiger partial charge in [-0.15, -0.1) is 11.6 Å². The van der Waals surface area contributed by atoms with Crippen LogP contribution in [0.2, 0.25) is 0 Å². The molecule has 2 nitrogen and oxygen atoms in total. The van der Waals surface area contributed by atoms with Gasteiger partial charge in [-0.05, 0) is 18.3 Å². The Kier molecular flexibility index (Phi) is 3.82. The maximum Gasteiger partial charge on any atom is 0.212 e. The van der Waals surface area contributed by atoms with Crippen LogP contribution in [0.25, 0.3) is 0 Å². The average molecular weight is 230 g/mol. The molecule has 0 saturated heterocycles. The van der Waals surface area contributed by atoms with E-state index in [1.165, 1.54) is 0 Å². The fraction of sp³-hybridized carbons (Fsp3) is 0.750. The van der Waals surface area contributed by atoms with Gasteiger partial charge in [-0.2, -0.15) is 0 Å². The van der Waals surface area contributed by atoms with Gasteiger partial charge >= 0.3 is 0 Å². The van der Waals surface area contributed by atoms with Crippen LogP contribution in [-0.4, -0.2) is 4.98 Å². The zero-order valence-corrected chi connectivity index (χ0v) is 10.9. The number of oxazole rings is 1. The van der Waals surface area contributed by atoms with E-state index in [1.54, 1.807) is 6.20 Å². The van der Waals surface area contributed by atoms with Crippen LogP contribution in [0, 0.1) is 11.3 Å². The van der Waals surface area contributed by atoms with E-state index >= 15 is 0 Å². The minimum Gasteiger partial charge on any atom is -0.444 e. The summed E-state index contributed by atoms with van der Waals surface area (Å²) in [6.07, 6.45) is 2.70. The van der Waals surface area contributed by atoms with Crippen LogP contribution < -0.4 is 0 Å². The number of halogens is 1. The lowest BCUT2D eigenvalue weighted by Crippen LogP contribution is -2.19. The van der Waals surface area contributed by atoms with Crippen molar-refractivity contribution in [3.05, 3.63) is 17.8 Å².